The van der Waals surface area contributed by atoms with E-state index in [-0.39, 0.29) is 0 Å². The molecule has 4 nitrogen and oxygen atoms in total. The third-order valence-corrected chi connectivity index (χ3v) is 3.92. The SMILES string of the molecule is CCOc1ccc(Oc2cc3nc(C)sc3cc2N)cc1. The third kappa shape index (κ3) is 2.92. The van der Waals surface area contributed by atoms with Crippen molar-refractivity contribution in [1.82, 2.24) is 4.98 Å². The highest BCUT2D eigenvalue weighted by Gasteiger charge is 2.08. The number of rotatable bonds is 4. The molecule has 0 aliphatic carbocycles. The molecule has 0 aliphatic rings. The molecule has 0 bridgehead atoms. The molecule has 108 valence electrons. The van der Waals surface area contributed by atoms with E-state index in [0.717, 1.165) is 26.7 Å². The number of ether oxygens (including phenoxy) is 2. The average molecular weight is 300 g/mol. The summed E-state index contributed by atoms with van der Waals surface area (Å²) in [6, 6.07) is 11.3. The lowest BCUT2D eigenvalue weighted by atomic mass is 10.2. The molecule has 0 saturated heterocycles. The first-order chi connectivity index (χ1) is 10.2. The zero-order valence-corrected chi connectivity index (χ0v) is 12.7. The van der Waals surface area contributed by atoms with Gasteiger partial charge in [-0.1, -0.05) is 0 Å². The van der Waals surface area contributed by atoms with E-state index in [1.54, 1.807) is 11.3 Å². The van der Waals surface area contributed by atoms with Crippen molar-refractivity contribution in [3.8, 4) is 17.2 Å². The molecule has 0 aliphatic heterocycles. The van der Waals surface area contributed by atoms with Crippen LogP contribution in [0.3, 0.4) is 0 Å². The molecule has 1 heterocycles. The lowest BCUT2D eigenvalue weighted by Crippen LogP contribution is -1.93. The van der Waals surface area contributed by atoms with Crippen LogP contribution in [0.25, 0.3) is 10.2 Å². The normalized spacial score (nSPS) is 10.8. The fourth-order valence-corrected chi connectivity index (χ4v) is 2.93. The number of hydrogen-bond donors (Lipinski definition) is 1. The summed E-state index contributed by atoms with van der Waals surface area (Å²) >= 11 is 1.63. The molecule has 2 N–H and O–H groups in total. The standard InChI is InChI=1S/C16H16N2O2S/c1-3-19-11-4-6-12(7-5-11)20-15-9-14-16(8-13(15)17)21-10(2)18-14/h4-9H,3,17H2,1-2H3. The summed E-state index contributed by atoms with van der Waals surface area (Å²) in [4.78, 5) is 4.46. The van der Waals surface area contributed by atoms with Crippen molar-refractivity contribution in [3.05, 3.63) is 41.4 Å². The van der Waals surface area contributed by atoms with Gasteiger partial charge in [-0.3, -0.25) is 0 Å². The average Bonchev–Trinajstić information content (AvgIpc) is 2.81. The Bertz CT molecular complexity index is 766. The van der Waals surface area contributed by atoms with Crippen molar-refractivity contribution in [2.45, 2.75) is 13.8 Å². The minimum atomic E-state index is 0.611. The summed E-state index contributed by atoms with van der Waals surface area (Å²) in [5.74, 6) is 2.16. The van der Waals surface area contributed by atoms with E-state index >= 15 is 0 Å². The van der Waals surface area contributed by atoms with Gasteiger partial charge in [-0.05, 0) is 44.2 Å². The molecule has 0 spiro atoms. The fourth-order valence-electron chi connectivity index (χ4n) is 2.07. The number of nitrogens with zero attached hydrogens (tertiary/aromatic N) is 1. The Kier molecular flexibility index (Phi) is 3.66. The number of hydrogen-bond acceptors (Lipinski definition) is 5. The first-order valence-electron chi connectivity index (χ1n) is 6.73. The van der Waals surface area contributed by atoms with Crippen LogP contribution in [-0.2, 0) is 0 Å². The van der Waals surface area contributed by atoms with Crippen LogP contribution in [0.1, 0.15) is 11.9 Å². The van der Waals surface area contributed by atoms with Gasteiger partial charge in [0.1, 0.15) is 11.5 Å². The van der Waals surface area contributed by atoms with Gasteiger partial charge >= 0.3 is 0 Å². The van der Waals surface area contributed by atoms with E-state index in [1.165, 1.54) is 0 Å². The number of nitrogens with two attached hydrogens (primary N) is 1. The van der Waals surface area contributed by atoms with Gasteiger partial charge in [0, 0.05) is 6.07 Å². The molecule has 0 amide bonds. The Balaban J connectivity index is 1.88. The molecule has 3 aromatic rings. The highest BCUT2D eigenvalue weighted by atomic mass is 32.1. The van der Waals surface area contributed by atoms with Crippen LogP contribution in [-0.4, -0.2) is 11.6 Å². The van der Waals surface area contributed by atoms with Gasteiger partial charge in [0.05, 0.1) is 27.5 Å². The fraction of sp³-hybridized carbons (Fsp3) is 0.188. The summed E-state index contributed by atoms with van der Waals surface area (Å²) in [6.07, 6.45) is 0. The van der Waals surface area contributed by atoms with Gasteiger partial charge in [0.25, 0.3) is 0 Å². The van der Waals surface area contributed by atoms with E-state index in [9.17, 15) is 0 Å². The zero-order chi connectivity index (χ0) is 14.8. The van der Waals surface area contributed by atoms with Crippen molar-refractivity contribution >= 4 is 27.2 Å². The summed E-state index contributed by atoms with van der Waals surface area (Å²) in [5, 5.41) is 1.02. The smallest absolute Gasteiger partial charge is 0.152 e. The predicted molar refractivity (Wildman–Crippen MR) is 86.5 cm³/mol. The van der Waals surface area contributed by atoms with Gasteiger partial charge in [-0.15, -0.1) is 11.3 Å². The van der Waals surface area contributed by atoms with E-state index in [1.807, 2.05) is 50.2 Å². The van der Waals surface area contributed by atoms with Crippen molar-refractivity contribution in [2.75, 3.05) is 12.3 Å². The first-order valence-corrected chi connectivity index (χ1v) is 7.54. The molecule has 0 saturated carbocycles. The van der Waals surface area contributed by atoms with Crippen LogP contribution in [0.15, 0.2) is 36.4 Å². The number of thiazole rings is 1. The minimum Gasteiger partial charge on any atom is -0.494 e. The number of aromatic nitrogens is 1. The molecule has 0 atom stereocenters. The van der Waals surface area contributed by atoms with Gasteiger partial charge in [0.15, 0.2) is 5.75 Å². The number of nitrogen functional groups attached to an aromatic ring is 1. The Labute approximate surface area is 127 Å². The summed E-state index contributed by atoms with van der Waals surface area (Å²) in [6.45, 7) is 4.58. The van der Waals surface area contributed by atoms with Gasteiger partial charge in [-0.2, -0.15) is 0 Å². The van der Waals surface area contributed by atoms with Crippen LogP contribution >= 0.6 is 11.3 Å². The van der Waals surface area contributed by atoms with E-state index < -0.39 is 0 Å². The maximum atomic E-state index is 6.05. The first kappa shape index (κ1) is 13.7. The summed E-state index contributed by atoms with van der Waals surface area (Å²) in [7, 11) is 0. The quantitative estimate of drug-likeness (QED) is 0.726. The van der Waals surface area contributed by atoms with Crippen LogP contribution < -0.4 is 15.2 Å². The van der Waals surface area contributed by atoms with Crippen LogP contribution in [0.4, 0.5) is 5.69 Å². The minimum absolute atomic E-state index is 0.611. The highest BCUT2D eigenvalue weighted by Crippen LogP contribution is 2.34. The molecule has 0 radical (unpaired) electrons. The van der Waals surface area contributed by atoms with Crippen LogP contribution in [0.5, 0.6) is 17.2 Å². The highest BCUT2D eigenvalue weighted by molar-refractivity contribution is 7.18. The second-order valence-electron chi connectivity index (χ2n) is 4.60. The van der Waals surface area contributed by atoms with E-state index in [2.05, 4.69) is 4.98 Å². The Morgan fingerprint density at radius 2 is 1.86 bits per heavy atom. The number of benzene rings is 2. The Hall–Kier alpha value is -2.27. The molecule has 0 unspecified atom stereocenters. The van der Waals surface area contributed by atoms with Gasteiger partial charge in [-0.25, -0.2) is 4.98 Å². The topological polar surface area (TPSA) is 57.4 Å². The third-order valence-electron chi connectivity index (χ3n) is 2.99. The van der Waals surface area contributed by atoms with E-state index in [0.29, 0.717) is 18.0 Å². The molecule has 21 heavy (non-hydrogen) atoms. The zero-order valence-electron chi connectivity index (χ0n) is 11.9. The molecule has 0 fully saturated rings. The summed E-state index contributed by atoms with van der Waals surface area (Å²) < 4.78 is 12.3. The number of fused-ring (bicyclic) bond motifs is 1. The van der Waals surface area contributed by atoms with Gasteiger partial charge in [0.2, 0.25) is 0 Å². The molecule has 5 heteroatoms. The van der Waals surface area contributed by atoms with Gasteiger partial charge < -0.3 is 15.2 Å². The molecule has 2 aromatic carbocycles. The predicted octanol–water partition coefficient (Wildman–Crippen LogP) is 4.38. The maximum Gasteiger partial charge on any atom is 0.152 e. The van der Waals surface area contributed by atoms with Crippen molar-refractivity contribution in [2.24, 2.45) is 0 Å². The number of anilines is 1. The van der Waals surface area contributed by atoms with Crippen LogP contribution in [0, 0.1) is 6.92 Å². The van der Waals surface area contributed by atoms with E-state index in [4.69, 9.17) is 15.2 Å². The van der Waals surface area contributed by atoms with Crippen molar-refractivity contribution in [3.63, 3.8) is 0 Å². The summed E-state index contributed by atoms with van der Waals surface area (Å²) in [5.41, 5.74) is 7.57. The van der Waals surface area contributed by atoms with Crippen molar-refractivity contribution in [1.29, 1.82) is 0 Å². The monoisotopic (exact) mass is 300 g/mol. The lowest BCUT2D eigenvalue weighted by Gasteiger charge is -2.09. The molecular weight excluding hydrogens is 284 g/mol. The largest absolute Gasteiger partial charge is 0.494 e. The molecular formula is C16H16N2O2S. The van der Waals surface area contributed by atoms with Crippen molar-refractivity contribution < 1.29 is 9.47 Å². The molecule has 3 rings (SSSR count). The second-order valence-corrected chi connectivity index (χ2v) is 5.83. The van der Waals surface area contributed by atoms with Crippen LogP contribution in [0.2, 0.25) is 0 Å². The maximum absolute atomic E-state index is 6.05. The number of aryl methyl sites for hydroxylation is 1. The molecule has 1 aromatic heterocycles. The lowest BCUT2D eigenvalue weighted by molar-refractivity contribution is 0.339. The Morgan fingerprint density at radius 3 is 2.57 bits per heavy atom. The Morgan fingerprint density at radius 1 is 1.14 bits per heavy atom. The second kappa shape index (κ2) is 5.61.